The Labute approximate surface area is 211 Å². The Balaban J connectivity index is 1.47. The molecule has 182 valence electrons. The molecule has 6 heteroatoms. The largest absolute Gasteiger partial charge is 0.339 e. The van der Waals surface area contributed by atoms with Crippen molar-refractivity contribution in [3.63, 3.8) is 0 Å². The number of hydrogen-bond acceptors (Lipinski definition) is 3. The number of hydrogen-bond donors (Lipinski definition) is 1. The minimum atomic E-state index is -0.413. The second-order valence-corrected chi connectivity index (χ2v) is 10.9. The molecule has 0 radical (unpaired) electrons. The fraction of sp³-hybridized carbons (Fsp3) is 0.500. The molecule has 2 aromatic carbocycles. The number of aliphatic imine (C=N–C) groups is 1. The van der Waals surface area contributed by atoms with Crippen LogP contribution in [0.25, 0.3) is 0 Å². The van der Waals surface area contributed by atoms with Gasteiger partial charge in [-0.1, -0.05) is 43.7 Å². The lowest BCUT2D eigenvalue weighted by atomic mass is 9.70. The summed E-state index contributed by atoms with van der Waals surface area (Å²) >= 11 is 4.32. The summed E-state index contributed by atoms with van der Waals surface area (Å²) < 4.78 is 14.2. The van der Waals surface area contributed by atoms with E-state index in [0.29, 0.717) is 34.8 Å². The van der Waals surface area contributed by atoms with Gasteiger partial charge in [0.05, 0.1) is 0 Å². The smallest absolute Gasteiger partial charge is 0.253 e. The second-order valence-electron chi connectivity index (χ2n) is 9.83. The highest BCUT2D eigenvalue weighted by molar-refractivity contribution is 7.80. The van der Waals surface area contributed by atoms with Gasteiger partial charge in [0.25, 0.3) is 5.91 Å². The molecule has 1 aliphatic carbocycles. The normalized spacial score (nSPS) is 21.2. The van der Waals surface area contributed by atoms with Crippen molar-refractivity contribution in [1.29, 1.82) is 0 Å². The van der Waals surface area contributed by atoms with E-state index < -0.39 is 5.82 Å². The summed E-state index contributed by atoms with van der Waals surface area (Å²) in [6.07, 6.45) is 8.99. The molecule has 2 atom stereocenters. The fourth-order valence-corrected chi connectivity index (χ4v) is 6.12. The van der Waals surface area contributed by atoms with Crippen LogP contribution in [-0.2, 0) is 5.41 Å². The number of thiol groups is 1. The van der Waals surface area contributed by atoms with Gasteiger partial charge in [0.2, 0.25) is 0 Å². The predicted octanol–water partition coefficient (Wildman–Crippen LogP) is 6.22. The maximum absolute atomic E-state index is 14.2. The van der Waals surface area contributed by atoms with E-state index in [2.05, 4.69) is 59.1 Å². The van der Waals surface area contributed by atoms with Crippen LogP contribution < -0.4 is 5.30 Å². The number of rotatable bonds is 7. The molecular formula is C28H36FN2OPS. The zero-order valence-corrected chi connectivity index (χ0v) is 22.2. The molecule has 1 amide bonds. The Kier molecular flexibility index (Phi) is 8.47. The van der Waals surface area contributed by atoms with E-state index in [4.69, 9.17) is 4.99 Å². The highest BCUT2D eigenvalue weighted by Gasteiger charge is 2.37. The molecule has 0 bridgehead atoms. The van der Waals surface area contributed by atoms with E-state index in [1.165, 1.54) is 43.0 Å². The van der Waals surface area contributed by atoms with Gasteiger partial charge in [-0.05, 0) is 68.6 Å². The van der Waals surface area contributed by atoms with Gasteiger partial charge in [-0.15, -0.1) is 21.9 Å². The van der Waals surface area contributed by atoms with Crippen molar-refractivity contribution in [3.8, 4) is 0 Å². The molecule has 1 heterocycles. The molecule has 2 aromatic rings. The van der Waals surface area contributed by atoms with E-state index >= 15 is 0 Å². The molecule has 34 heavy (non-hydrogen) atoms. The Bertz CT molecular complexity index is 1010. The number of likely N-dealkylation sites (tertiary alicyclic amines) is 1. The monoisotopic (exact) mass is 498 g/mol. The Morgan fingerprint density at radius 3 is 2.65 bits per heavy atom. The van der Waals surface area contributed by atoms with Crippen molar-refractivity contribution in [3.05, 3.63) is 59.4 Å². The first-order valence-corrected chi connectivity index (χ1v) is 13.6. The van der Waals surface area contributed by atoms with Crippen LogP contribution in [0.3, 0.4) is 0 Å². The number of benzene rings is 2. The van der Waals surface area contributed by atoms with E-state index in [1.54, 1.807) is 6.07 Å². The van der Waals surface area contributed by atoms with Gasteiger partial charge in [0.15, 0.2) is 0 Å². The summed E-state index contributed by atoms with van der Waals surface area (Å²) in [7, 11) is 2.34. The minimum absolute atomic E-state index is 0.0187. The average Bonchev–Trinajstić information content (AvgIpc) is 3.30. The SMILES string of the molecule is CCCC1CCCC1=NCCC1(c2ccccc2)CCN(C(=O)c2cc(F)c(P)c(S)c2)CC1. The van der Waals surface area contributed by atoms with Crippen LogP contribution in [0, 0.1) is 11.7 Å². The summed E-state index contributed by atoms with van der Waals surface area (Å²) in [5, 5.41) is 0.395. The van der Waals surface area contributed by atoms with Crippen molar-refractivity contribution >= 4 is 38.8 Å². The maximum Gasteiger partial charge on any atom is 0.253 e. The topological polar surface area (TPSA) is 32.7 Å². The van der Waals surface area contributed by atoms with Crippen LogP contribution in [0.2, 0.25) is 0 Å². The average molecular weight is 499 g/mol. The lowest BCUT2D eigenvalue weighted by molar-refractivity contribution is 0.0660. The summed E-state index contributed by atoms with van der Waals surface area (Å²) in [5.74, 6) is 0.153. The van der Waals surface area contributed by atoms with E-state index in [1.807, 2.05) is 4.90 Å². The Morgan fingerprint density at radius 1 is 1.24 bits per heavy atom. The zero-order valence-electron chi connectivity index (χ0n) is 20.1. The van der Waals surface area contributed by atoms with Crippen molar-refractivity contribution in [2.45, 2.75) is 68.6 Å². The van der Waals surface area contributed by atoms with E-state index in [0.717, 1.165) is 32.2 Å². The summed E-state index contributed by atoms with van der Waals surface area (Å²) in [6.45, 7) is 4.43. The third kappa shape index (κ3) is 5.57. The standard InChI is InChI=1S/C28H36FN2OPS/c1-2-7-20-8-6-11-24(20)30-15-12-28(22-9-4-3-5-10-22)13-16-31(17-14-28)27(32)21-18-23(29)26(33)25(34)19-21/h3-5,9-10,18-20,34H,2,6-8,11-17,33H2,1H3. The van der Waals surface area contributed by atoms with Crippen LogP contribution in [0.4, 0.5) is 4.39 Å². The van der Waals surface area contributed by atoms with E-state index in [9.17, 15) is 9.18 Å². The van der Waals surface area contributed by atoms with Gasteiger partial charge in [-0.2, -0.15) is 0 Å². The van der Waals surface area contributed by atoms with Crippen LogP contribution in [0.1, 0.15) is 74.2 Å². The summed E-state index contributed by atoms with van der Waals surface area (Å²) in [4.78, 5) is 20.6. The van der Waals surface area contributed by atoms with Crippen LogP contribution in [0.15, 0.2) is 52.4 Å². The number of carbonyl (C=O) groups excluding carboxylic acids is 1. The number of amides is 1. The van der Waals surface area contributed by atoms with Gasteiger partial charge in [0, 0.05) is 46.5 Å². The van der Waals surface area contributed by atoms with Gasteiger partial charge in [-0.3, -0.25) is 9.79 Å². The molecule has 1 saturated heterocycles. The Morgan fingerprint density at radius 2 is 1.97 bits per heavy atom. The van der Waals surface area contributed by atoms with Crippen LogP contribution in [0.5, 0.6) is 0 Å². The predicted molar refractivity (Wildman–Crippen MR) is 145 cm³/mol. The lowest BCUT2D eigenvalue weighted by Crippen LogP contribution is -2.45. The quantitative estimate of drug-likeness (QED) is 0.357. The molecule has 2 aliphatic rings. The van der Waals surface area contributed by atoms with Crippen molar-refractivity contribution in [2.75, 3.05) is 19.6 Å². The van der Waals surface area contributed by atoms with Gasteiger partial charge >= 0.3 is 0 Å². The highest BCUT2D eigenvalue weighted by atomic mass is 32.1. The number of nitrogens with zero attached hydrogens (tertiary/aromatic N) is 2. The van der Waals surface area contributed by atoms with Crippen LogP contribution >= 0.6 is 21.9 Å². The third-order valence-corrected chi connectivity index (χ3v) is 8.95. The molecule has 4 rings (SSSR count). The van der Waals surface area contributed by atoms with Crippen molar-refractivity contribution in [2.24, 2.45) is 10.9 Å². The maximum atomic E-state index is 14.2. The molecule has 2 unspecified atom stereocenters. The molecule has 2 fully saturated rings. The number of halogens is 1. The third-order valence-electron chi connectivity index (χ3n) is 7.75. The molecule has 1 aliphatic heterocycles. The van der Waals surface area contributed by atoms with Gasteiger partial charge < -0.3 is 4.90 Å². The summed E-state index contributed by atoms with van der Waals surface area (Å²) in [6, 6.07) is 13.7. The number of carbonyl (C=O) groups is 1. The van der Waals surface area contributed by atoms with Crippen molar-refractivity contribution in [1.82, 2.24) is 4.90 Å². The fourth-order valence-electron chi connectivity index (χ4n) is 5.70. The highest BCUT2D eigenvalue weighted by Crippen LogP contribution is 2.39. The van der Waals surface area contributed by atoms with Gasteiger partial charge in [-0.25, -0.2) is 4.39 Å². The first-order chi connectivity index (χ1) is 16.4. The molecule has 0 aromatic heterocycles. The molecule has 3 nitrogen and oxygen atoms in total. The first-order valence-electron chi connectivity index (χ1n) is 12.6. The zero-order chi connectivity index (χ0) is 24.1. The molecule has 1 saturated carbocycles. The number of piperidine rings is 1. The van der Waals surface area contributed by atoms with E-state index in [-0.39, 0.29) is 11.3 Å². The first kappa shape index (κ1) is 25.4. The molecule has 0 spiro atoms. The lowest BCUT2D eigenvalue weighted by Gasteiger charge is -2.42. The summed E-state index contributed by atoms with van der Waals surface area (Å²) in [5.41, 5.74) is 3.16. The van der Waals surface area contributed by atoms with Gasteiger partial charge in [0.1, 0.15) is 5.82 Å². The Hall–Kier alpha value is -1.71. The second kappa shape index (κ2) is 11.4. The minimum Gasteiger partial charge on any atom is -0.339 e. The van der Waals surface area contributed by atoms with Crippen LogP contribution in [-0.4, -0.2) is 36.2 Å². The van der Waals surface area contributed by atoms with Crippen molar-refractivity contribution < 1.29 is 9.18 Å². The molecule has 0 N–H and O–H groups in total. The molecular weight excluding hydrogens is 462 g/mol.